The summed E-state index contributed by atoms with van der Waals surface area (Å²) in [7, 11) is 1.59. The van der Waals surface area contributed by atoms with Crippen LogP contribution in [-0.4, -0.2) is 28.2 Å². The molecule has 10 heteroatoms. The van der Waals surface area contributed by atoms with Gasteiger partial charge < -0.3 is 14.5 Å². The van der Waals surface area contributed by atoms with Crippen LogP contribution in [0.25, 0.3) is 11.1 Å². The first-order valence-electron chi connectivity index (χ1n) is 8.07. The topological polar surface area (TPSA) is 90.1 Å². The first-order chi connectivity index (χ1) is 13.6. The Morgan fingerprint density at radius 1 is 1.25 bits per heavy atom. The number of carbonyl (C=O) groups is 1. The molecule has 4 aromatic rings. The molecule has 2 aromatic heterocycles. The van der Waals surface area contributed by atoms with Crippen molar-refractivity contribution < 1.29 is 13.9 Å². The fraction of sp³-hybridized carbons (Fsp3) is 0.111. The van der Waals surface area contributed by atoms with Crippen molar-refractivity contribution in [3.8, 4) is 5.75 Å². The summed E-state index contributed by atoms with van der Waals surface area (Å²) in [6.45, 7) is 0. The van der Waals surface area contributed by atoms with Crippen LogP contribution in [0.4, 0.5) is 5.69 Å². The lowest BCUT2D eigenvalue weighted by atomic mass is 10.3. The van der Waals surface area contributed by atoms with Crippen LogP contribution in [-0.2, 0) is 5.75 Å². The highest BCUT2D eigenvalue weighted by Crippen LogP contribution is 2.28. The standard InChI is InChI=1S/C18H13ClN4O3S2/c1-25-12-5-3-11(4-6-12)20-16(24)17-23-22-15(28-17)9-27-18-21-13-8-10(19)2-7-14(13)26-18/h2-8H,9H2,1H3,(H,20,24). The van der Waals surface area contributed by atoms with E-state index < -0.39 is 0 Å². The summed E-state index contributed by atoms with van der Waals surface area (Å²) in [6.07, 6.45) is 0. The zero-order valence-corrected chi connectivity index (χ0v) is 16.9. The number of carbonyl (C=O) groups excluding carboxylic acids is 1. The lowest BCUT2D eigenvalue weighted by Crippen LogP contribution is -2.11. The summed E-state index contributed by atoms with van der Waals surface area (Å²) in [5.41, 5.74) is 2.03. The van der Waals surface area contributed by atoms with Gasteiger partial charge in [-0.2, -0.15) is 0 Å². The van der Waals surface area contributed by atoms with E-state index in [1.54, 1.807) is 49.6 Å². The minimum atomic E-state index is -0.310. The number of halogens is 1. The van der Waals surface area contributed by atoms with Gasteiger partial charge in [-0.1, -0.05) is 34.7 Å². The van der Waals surface area contributed by atoms with Gasteiger partial charge in [-0.25, -0.2) is 4.98 Å². The molecule has 0 atom stereocenters. The number of amides is 1. The Labute approximate surface area is 173 Å². The maximum absolute atomic E-state index is 12.3. The quantitative estimate of drug-likeness (QED) is 0.434. The molecule has 0 fully saturated rings. The highest BCUT2D eigenvalue weighted by atomic mass is 35.5. The molecule has 1 amide bonds. The van der Waals surface area contributed by atoms with Crippen molar-refractivity contribution in [3.63, 3.8) is 0 Å². The monoisotopic (exact) mass is 432 g/mol. The Balaban J connectivity index is 1.38. The molecule has 4 rings (SSSR count). The summed E-state index contributed by atoms with van der Waals surface area (Å²) >= 11 is 8.56. The number of anilines is 1. The van der Waals surface area contributed by atoms with Crippen molar-refractivity contribution in [3.05, 3.63) is 57.5 Å². The number of benzene rings is 2. The number of rotatable bonds is 6. The van der Waals surface area contributed by atoms with Gasteiger partial charge in [0.05, 0.1) is 12.9 Å². The zero-order chi connectivity index (χ0) is 19.5. The molecule has 7 nitrogen and oxygen atoms in total. The lowest BCUT2D eigenvalue weighted by molar-refractivity contribution is 0.102. The van der Waals surface area contributed by atoms with Crippen molar-refractivity contribution in [1.29, 1.82) is 0 Å². The van der Waals surface area contributed by atoms with Crippen LogP contribution >= 0.6 is 34.7 Å². The molecule has 0 saturated carbocycles. The predicted octanol–water partition coefficient (Wildman–Crippen LogP) is 4.89. The Morgan fingerprint density at radius 2 is 2.07 bits per heavy atom. The van der Waals surface area contributed by atoms with Crippen LogP contribution in [0.3, 0.4) is 0 Å². The second kappa shape index (κ2) is 8.17. The normalized spacial score (nSPS) is 10.9. The van der Waals surface area contributed by atoms with Crippen LogP contribution in [0.15, 0.2) is 52.1 Å². The summed E-state index contributed by atoms with van der Waals surface area (Å²) in [4.78, 5) is 16.7. The van der Waals surface area contributed by atoms with Crippen LogP contribution in [0.1, 0.15) is 14.8 Å². The third-order valence-electron chi connectivity index (χ3n) is 3.66. The average molecular weight is 433 g/mol. The van der Waals surface area contributed by atoms with E-state index in [1.807, 2.05) is 0 Å². The van der Waals surface area contributed by atoms with Gasteiger partial charge in [-0.05, 0) is 42.5 Å². The summed E-state index contributed by atoms with van der Waals surface area (Å²) < 4.78 is 10.8. The smallest absolute Gasteiger partial charge is 0.286 e. The molecule has 0 aliphatic heterocycles. The molecule has 0 aliphatic carbocycles. The molecule has 0 bridgehead atoms. The Hall–Kier alpha value is -2.62. The van der Waals surface area contributed by atoms with Crippen LogP contribution in [0.5, 0.6) is 5.75 Å². The molecule has 1 N–H and O–H groups in total. The van der Waals surface area contributed by atoms with Crippen molar-refractivity contribution >= 4 is 57.4 Å². The Kier molecular flexibility index (Phi) is 5.47. The van der Waals surface area contributed by atoms with E-state index in [9.17, 15) is 4.79 Å². The zero-order valence-electron chi connectivity index (χ0n) is 14.5. The highest BCUT2D eigenvalue weighted by Gasteiger charge is 2.15. The van der Waals surface area contributed by atoms with Gasteiger partial charge in [0, 0.05) is 10.7 Å². The lowest BCUT2D eigenvalue weighted by Gasteiger charge is -2.03. The van der Waals surface area contributed by atoms with E-state index >= 15 is 0 Å². The average Bonchev–Trinajstić information content (AvgIpc) is 3.33. The number of nitrogens with zero attached hydrogens (tertiary/aromatic N) is 3. The van der Waals surface area contributed by atoms with Gasteiger partial charge in [0.1, 0.15) is 16.3 Å². The van der Waals surface area contributed by atoms with E-state index in [2.05, 4.69) is 20.5 Å². The van der Waals surface area contributed by atoms with E-state index in [4.69, 9.17) is 20.8 Å². The Morgan fingerprint density at radius 3 is 2.86 bits per heavy atom. The first-order valence-corrected chi connectivity index (χ1v) is 10.3. The second-order valence-corrected chi connectivity index (χ2v) is 7.99. The van der Waals surface area contributed by atoms with Gasteiger partial charge in [0.25, 0.3) is 11.1 Å². The third-order valence-corrected chi connectivity index (χ3v) is 5.84. The van der Waals surface area contributed by atoms with Gasteiger partial charge in [0.15, 0.2) is 5.58 Å². The molecule has 2 aromatic carbocycles. The van der Waals surface area contributed by atoms with Gasteiger partial charge >= 0.3 is 0 Å². The Bertz CT molecular complexity index is 1130. The first kappa shape index (κ1) is 18.7. The van der Waals surface area contributed by atoms with E-state index in [-0.39, 0.29) is 10.9 Å². The molecule has 2 heterocycles. The molecule has 28 heavy (non-hydrogen) atoms. The van der Waals surface area contributed by atoms with Crippen LogP contribution in [0.2, 0.25) is 5.02 Å². The fourth-order valence-corrected chi connectivity index (χ4v) is 4.05. The van der Waals surface area contributed by atoms with Gasteiger partial charge in [0.2, 0.25) is 5.01 Å². The number of thioether (sulfide) groups is 1. The van der Waals surface area contributed by atoms with Crippen molar-refractivity contribution in [1.82, 2.24) is 15.2 Å². The van der Waals surface area contributed by atoms with Crippen LogP contribution in [0, 0.1) is 0 Å². The van der Waals surface area contributed by atoms with E-state index in [1.165, 1.54) is 23.1 Å². The number of fused-ring (bicyclic) bond motifs is 1. The molecule has 0 unspecified atom stereocenters. The van der Waals surface area contributed by atoms with Crippen molar-refractivity contribution in [2.45, 2.75) is 11.0 Å². The SMILES string of the molecule is COc1ccc(NC(=O)c2nnc(CSc3nc4cc(Cl)ccc4o3)s2)cc1. The number of methoxy groups -OCH3 is 1. The van der Waals surface area contributed by atoms with E-state index in [0.29, 0.717) is 37.8 Å². The number of hydrogen-bond acceptors (Lipinski definition) is 8. The van der Waals surface area contributed by atoms with Gasteiger partial charge in [-0.3, -0.25) is 4.79 Å². The van der Waals surface area contributed by atoms with Crippen molar-refractivity contribution in [2.75, 3.05) is 12.4 Å². The molecule has 0 aliphatic rings. The fourth-order valence-electron chi connectivity index (χ4n) is 2.33. The third kappa shape index (κ3) is 4.27. The number of aromatic nitrogens is 3. The van der Waals surface area contributed by atoms with Gasteiger partial charge in [-0.15, -0.1) is 10.2 Å². The van der Waals surface area contributed by atoms with E-state index in [0.717, 1.165) is 5.75 Å². The summed E-state index contributed by atoms with van der Waals surface area (Å²) in [5.74, 6) is 0.902. The minimum absolute atomic E-state index is 0.288. The minimum Gasteiger partial charge on any atom is -0.497 e. The molecule has 0 saturated heterocycles. The second-order valence-electron chi connectivity index (χ2n) is 5.56. The summed E-state index contributed by atoms with van der Waals surface area (Å²) in [6, 6.07) is 12.3. The molecular weight excluding hydrogens is 420 g/mol. The largest absolute Gasteiger partial charge is 0.497 e. The predicted molar refractivity (Wildman–Crippen MR) is 109 cm³/mol. The van der Waals surface area contributed by atoms with Crippen LogP contribution < -0.4 is 10.1 Å². The highest BCUT2D eigenvalue weighted by molar-refractivity contribution is 7.98. The maximum Gasteiger partial charge on any atom is 0.286 e. The number of oxazole rings is 1. The molecular formula is C18H13ClN4O3S2. The van der Waals surface area contributed by atoms with Crippen molar-refractivity contribution in [2.24, 2.45) is 0 Å². The number of hydrogen-bond donors (Lipinski definition) is 1. The number of nitrogens with one attached hydrogen (secondary N) is 1. The summed E-state index contributed by atoms with van der Waals surface area (Å²) in [5, 5.41) is 12.9. The molecule has 0 spiro atoms. The maximum atomic E-state index is 12.3. The molecule has 142 valence electrons. The molecule has 0 radical (unpaired) electrons. The number of ether oxygens (including phenoxy) is 1.